The molecule has 4 aromatic carbocycles. The summed E-state index contributed by atoms with van der Waals surface area (Å²) in [6, 6.07) is 29.8. The van der Waals surface area contributed by atoms with Crippen molar-refractivity contribution in [3.63, 3.8) is 0 Å². The fourth-order valence-corrected chi connectivity index (χ4v) is 3.12. The second-order valence-corrected chi connectivity index (χ2v) is 5.53. The average Bonchev–Trinajstić information content (AvgIpc) is 2.60. The van der Waals surface area contributed by atoms with Crippen LogP contribution in [0.5, 0.6) is 0 Å². The van der Waals surface area contributed by atoms with E-state index < -0.39 is 0 Å². The van der Waals surface area contributed by atoms with Crippen molar-refractivity contribution in [2.75, 3.05) is 0 Å². The molecule has 0 bridgehead atoms. The van der Waals surface area contributed by atoms with Crippen molar-refractivity contribution >= 4 is 27.1 Å². The van der Waals surface area contributed by atoms with E-state index in [2.05, 4.69) is 91.5 Å². The normalized spacial score (nSPS) is 10.9. The molecule has 0 saturated heterocycles. The van der Waals surface area contributed by atoms with Gasteiger partial charge in [0.05, 0.1) is 0 Å². The SMILES string of the molecule is C=C(c1cccc2ccccc12)c1cccc2ccccc12. The van der Waals surface area contributed by atoms with Gasteiger partial charge in [-0.1, -0.05) is 91.5 Å². The van der Waals surface area contributed by atoms with E-state index in [-0.39, 0.29) is 0 Å². The summed E-state index contributed by atoms with van der Waals surface area (Å²) < 4.78 is 0. The number of benzene rings is 4. The maximum atomic E-state index is 4.40. The zero-order chi connectivity index (χ0) is 14.9. The van der Waals surface area contributed by atoms with E-state index in [4.69, 9.17) is 0 Å². The first-order valence-corrected chi connectivity index (χ1v) is 7.50. The van der Waals surface area contributed by atoms with Crippen molar-refractivity contribution in [3.8, 4) is 0 Å². The molecule has 0 aromatic heterocycles. The zero-order valence-electron chi connectivity index (χ0n) is 12.3. The van der Waals surface area contributed by atoms with Gasteiger partial charge in [-0.3, -0.25) is 0 Å². The van der Waals surface area contributed by atoms with E-state index in [0.29, 0.717) is 0 Å². The van der Waals surface area contributed by atoms with Crippen molar-refractivity contribution in [2.24, 2.45) is 0 Å². The molecule has 0 N–H and O–H groups in total. The molecular formula is C22H16. The molecule has 0 heteroatoms. The molecule has 0 amide bonds. The largest absolute Gasteiger partial charge is 0.0905 e. The van der Waals surface area contributed by atoms with Gasteiger partial charge in [0.25, 0.3) is 0 Å². The van der Waals surface area contributed by atoms with Gasteiger partial charge < -0.3 is 0 Å². The van der Waals surface area contributed by atoms with Crippen LogP contribution in [0, 0.1) is 0 Å². The Morgan fingerprint density at radius 2 is 0.909 bits per heavy atom. The lowest BCUT2D eigenvalue weighted by molar-refractivity contribution is 1.62. The Balaban J connectivity index is 1.97. The smallest absolute Gasteiger partial charge is 0.0105 e. The van der Waals surface area contributed by atoms with Gasteiger partial charge in [0, 0.05) is 0 Å². The van der Waals surface area contributed by atoms with E-state index in [1.54, 1.807) is 0 Å². The van der Waals surface area contributed by atoms with Gasteiger partial charge in [0.1, 0.15) is 0 Å². The van der Waals surface area contributed by atoms with Crippen LogP contribution in [0.4, 0.5) is 0 Å². The van der Waals surface area contributed by atoms with Crippen LogP contribution in [-0.2, 0) is 0 Å². The van der Waals surface area contributed by atoms with E-state index in [1.807, 2.05) is 0 Å². The number of fused-ring (bicyclic) bond motifs is 2. The van der Waals surface area contributed by atoms with Gasteiger partial charge in [0.15, 0.2) is 0 Å². The minimum atomic E-state index is 1.08. The lowest BCUT2D eigenvalue weighted by Gasteiger charge is -2.12. The summed E-state index contributed by atoms with van der Waals surface area (Å²) in [5.41, 5.74) is 3.48. The summed E-state index contributed by atoms with van der Waals surface area (Å²) >= 11 is 0. The molecule has 0 heterocycles. The predicted octanol–water partition coefficient (Wildman–Crippen LogP) is 6.05. The molecule has 0 atom stereocenters. The summed E-state index contributed by atoms with van der Waals surface area (Å²) in [6.45, 7) is 4.40. The first-order chi connectivity index (χ1) is 10.8. The summed E-state index contributed by atoms with van der Waals surface area (Å²) in [7, 11) is 0. The van der Waals surface area contributed by atoms with E-state index in [1.165, 1.54) is 32.7 Å². The molecule has 0 spiro atoms. The molecule has 0 radical (unpaired) electrons. The fraction of sp³-hybridized carbons (Fsp3) is 0. The molecule has 0 nitrogen and oxygen atoms in total. The molecule has 0 aliphatic carbocycles. The van der Waals surface area contributed by atoms with Gasteiger partial charge in [-0.2, -0.15) is 0 Å². The van der Waals surface area contributed by atoms with Gasteiger partial charge in [-0.25, -0.2) is 0 Å². The third-order valence-electron chi connectivity index (χ3n) is 4.23. The minimum absolute atomic E-state index is 1.08. The van der Waals surface area contributed by atoms with Gasteiger partial charge in [0.2, 0.25) is 0 Å². The molecule has 4 aromatic rings. The highest BCUT2D eigenvalue weighted by Gasteiger charge is 2.09. The van der Waals surface area contributed by atoms with Crippen LogP contribution < -0.4 is 0 Å². The Labute approximate surface area is 130 Å². The van der Waals surface area contributed by atoms with Crippen molar-refractivity contribution in [2.45, 2.75) is 0 Å². The molecule has 22 heavy (non-hydrogen) atoms. The Morgan fingerprint density at radius 1 is 0.500 bits per heavy atom. The molecule has 0 saturated carbocycles. The minimum Gasteiger partial charge on any atom is -0.0905 e. The molecule has 0 aliphatic rings. The first-order valence-electron chi connectivity index (χ1n) is 7.50. The van der Waals surface area contributed by atoms with E-state index in [0.717, 1.165) is 5.57 Å². The molecular weight excluding hydrogens is 264 g/mol. The summed E-state index contributed by atoms with van der Waals surface area (Å²) in [4.78, 5) is 0. The van der Waals surface area contributed by atoms with E-state index >= 15 is 0 Å². The van der Waals surface area contributed by atoms with Crippen LogP contribution in [-0.4, -0.2) is 0 Å². The molecule has 0 fully saturated rings. The number of hydrogen-bond acceptors (Lipinski definition) is 0. The number of hydrogen-bond donors (Lipinski definition) is 0. The van der Waals surface area contributed by atoms with Crippen LogP contribution in [0.1, 0.15) is 11.1 Å². The van der Waals surface area contributed by atoms with Crippen molar-refractivity contribution in [3.05, 3.63) is 103 Å². The van der Waals surface area contributed by atoms with Crippen LogP contribution in [0.2, 0.25) is 0 Å². The first kappa shape index (κ1) is 12.8. The Kier molecular flexibility index (Phi) is 3.01. The van der Waals surface area contributed by atoms with Crippen molar-refractivity contribution in [1.82, 2.24) is 0 Å². The predicted molar refractivity (Wildman–Crippen MR) is 96.0 cm³/mol. The summed E-state index contributed by atoms with van der Waals surface area (Å²) in [6.07, 6.45) is 0. The third kappa shape index (κ3) is 2.01. The summed E-state index contributed by atoms with van der Waals surface area (Å²) in [5.74, 6) is 0. The fourth-order valence-electron chi connectivity index (χ4n) is 3.12. The van der Waals surface area contributed by atoms with E-state index in [9.17, 15) is 0 Å². The lowest BCUT2D eigenvalue weighted by atomic mass is 9.91. The molecule has 104 valence electrons. The van der Waals surface area contributed by atoms with Crippen molar-refractivity contribution < 1.29 is 0 Å². The molecule has 4 rings (SSSR count). The molecule has 0 aliphatic heterocycles. The quantitative estimate of drug-likeness (QED) is 0.419. The highest BCUT2D eigenvalue weighted by Crippen LogP contribution is 2.32. The van der Waals surface area contributed by atoms with Gasteiger partial charge in [-0.05, 0) is 38.2 Å². The summed E-state index contributed by atoms with van der Waals surface area (Å²) in [5, 5.41) is 5.01. The standard InChI is InChI=1S/C22H16/c1-16(19-14-6-10-17-8-2-4-12-21(17)19)20-15-7-11-18-9-3-5-13-22(18)20/h2-15H,1H2. The average molecular weight is 280 g/mol. The number of rotatable bonds is 2. The Hall–Kier alpha value is -2.86. The Bertz CT molecular complexity index is 901. The van der Waals surface area contributed by atoms with Gasteiger partial charge >= 0.3 is 0 Å². The van der Waals surface area contributed by atoms with Crippen molar-refractivity contribution in [1.29, 1.82) is 0 Å². The second-order valence-electron chi connectivity index (χ2n) is 5.53. The monoisotopic (exact) mass is 280 g/mol. The Morgan fingerprint density at radius 3 is 1.41 bits per heavy atom. The van der Waals surface area contributed by atoms with Crippen LogP contribution in [0.25, 0.3) is 27.1 Å². The van der Waals surface area contributed by atoms with Crippen LogP contribution >= 0.6 is 0 Å². The lowest BCUT2D eigenvalue weighted by Crippen LogP contribution is -1.90. The highest BCUT2D eigenvalue weighted by atomic mass is 14.1. The van der Waals surface area contributed by atoms with Gasteiger partial charge in [-0.15, -0.1) is 0 Å². The van der Waals surface area contributed by atoms with Crippen LogP contribution in [0.3, 0.4) is 0 Å². The topological polar surface area (TPSA) is 0 Å². The zero-order valence-corrected chi connectivity index (χ0v) is 12.3. The second kappa shape index (κ2) is 5.16. The maximum absolute atomic E-state index is 4.40. The molecule has 0 unspecified atom stereocenters. The third-order valence-corrected chi connectivity index (χ3v) is 4.23. The van der Waals surface area contributed by atoms with Crippen LogP contribution in [0.15, 0.2) is 91.5 Å². The maximum Gasteiger partial charge on any atom is -0.0105 e. The highest BCUT2D eigenvalue weighted by molar-refractivity contribution is 6.03.